The van der Waals surface area contributed by atoms with E-state index in [0.717, 1.165) is 5.56 Å². The number of allylic oxidation sites excluding steroid dienone is 1. The van der Waals surface area contributed by atoms with Crippen LogP contribution in [0.1, 0.15) is 22.3 Å². The van der Waals surface area contributed by atoms with E-state index in [1.165, 1.54) is 49.4 Å². The Morgan fingerprint density at radius 3 is 2.03 bits per heavy atom. The van der Waals surface area contributed by atoms with E-state index < -0.39 is 0 Å². The summed E-state index contributed by atoms with van der Waals surface area (Å²) in [5.41, 5.74) is 7.22. The van der Waals surface area contributed by atoms with Crippen molar-refractivity contribution in [1.29, 1.82) is 0 Å². The first-order valence-electron chi connectivity index (χ1n) is 11.0. The van der Waals surface area contributed by atoms with Crippen molar-refractivity contribution >= 4 is 27.6 Å². The maximum absolute atomic E-state index is 3.28. The summed E-state index contributed by atoms with van der Waals surface area (Å²) < 4.78 is 0. The predicted octanol–water partition coefficient (Wildman–Crippen LogP) is 8.34. The molecule has 0 fully saturated rings. The molecule has 0 aliphatic heterocycles. The summed E-state index contributed by atoms with van der Waals surface area (Å²) in [7, 11) is 0. The largest absolute Gasteiger partial charge is 0.0696 e. The fourth-order valence-electron chi connectivity index (χ4n) is 4.47. The van der Waals surface area contributed by atoms with E-state index in [2.05, 4.69) is 129 Å². The average Bonchev–Trinajstić information content (AvgIpc) is 2.81. The normalized spacial score (nSPS) is 11.1. The van der Waals surface area contributed by atoms with Crippen LogP contribution in [0.2, 0.25) is 0 Å². The van der Waals surface area contributed by atoms with E-state index in [1.54, 1.807) is 0 Å². The molecule has 5 rings (SSSR count). The Bertz CT molecular complexity index is 1500. The number of benzene rings is 5. The summed E-state index contributed by atoms with van der Waals surface area (Å²) in [4.78, 5) is 0. The van der Waals surface area contributed by atoms with E-state index in [9.17, 15) is 0 Å². The molecule has 0 nitrogen and oxygen atoms in total. The van der Waals surface area contributed by atoms with Crippen molar-refractivity contribution in [1.82, 2.24) is 0 Å². The quantitative estimate of drug-likeness (QED) is 0.203. The van der Waals surface area contributed by atoms with E-state index in [1.807, 2.05) is 6.08 Å². The Morgan fingerprint density at radius 2 is 1.25 bits per heavy atom. The Hall–Kier alpha value is -4.08. The second-order valence-corrected chi connectivity index (χ2v) is 8.26. The van der Waals surface area contributed by atoms with Crippen LogP contribution in [0.5, 0.6) is 0 Å². The molecule has 5 aromatic rings. The van der Waals surface area contributed by atoms with Crippen molar-refractivity contribution in [3.63, 3.8) is 0 Å². The summed E-state index contributed by atoms with van der Waals surface area (Å²) in [6, 6.07) is 34.6. The van der Waals surface area contributed by atoms with Gasteiger partial charge >= 0.3 is 0 Å². The van der Waals surface area contributed by atoms with Gasteiger partial charge < -0.3 is 0 Å². The van der Waals surface area contributed by atoms with Crippen molar-refractivity contribution in [2.45, 2.75) is 13.8 Å². The summed E-state index contributed by atoms with van der Waals surface area (Å²) in [6.07, 6.45) is 4.11. The maximum atomic E-state index is 3.28. The Kier molecular flexibility index (Phi) is 5.32. The first kappa shape index (κ1) is 19.9. The van der Waals surface area contributed by atoms with Crippen LogP contribution in [0, 0.1) is 25.7 Å². The van der Waals surface area contributed by atoms with Crippen LogP contribution in [-0.4, -0.2) is 0 Å². The molecule has 152 valence electrons. The molecule has 32 heavy (non-hydrogen) atoms. The van der Waals surface area contributed by atoms with E-state index >= 15 is 0 Å². The van der Waals surface area contributed by atoms with Crippen molar-refractivity contribution in [2.75, 3.05) is 0 Å². The molecular formula is C32H24. The first-order chi connectivity index (χ1) is 15.7. The molecule has 0 aromatic heterocycles. The Labute approximate surface area is 189 Å². The van der Waals surface area contributed by atoms with E-state index in [-0.39, 0.29) is 0 Å². The van der Waals surface area contributed by atoms with Gasteiger partial charge in [-0.1, -0.05) is 90.7 Å². The second-order valence-electron chi connectivity index (χ2n) is 8.26. The molecule has 0 heterocycles. The van der Waals surface area contributed by atoms with Gasteiger partial charge in [-0.15, -0.1) is 0 Å². The summed E-state index contributed by atoms with van der Waals surface area (Å²) in [6.45, 7) is 4.22. The zero-order valence-corrected chi connectivity index (χ0v) is 18.4. The molecular weight excluding hydrogens is 384 g/mol. The van der Waals surface area contributed by atoms with Crippen LogP contribution in [0.15, 0.2) is 103 Å². The molecule has 0 bridgehead atoms. The lowest BCUT2D eigenvalue weighted by atomic mass is 9.92. The highest BCUT2D eigenvalue weighted by Crippen LogP contribution is 2.35. The van der Waals surface area contributed by atoms with Crippen LogP contribution >= 0.6 is 0 Å². The minimum absolute atomic E-state index is 1.06. The second kappa shape index (κ2) is 8.58. The predicted molar refractivity (Wildman–Crippen MR) is 139 cm³/mol. The average molecular weight is 409 g/mol. The summed E-state index contributed by atoms with van der Waals surface area (Å²) in [5.74, 6) is 6.52. The third-order valence-electron chi connectivity index (χ3n) is 5.80. The van der Waals surface area contributed by atoms with Crippen LogP contribution in [0.3, 0.4) is 0 Å². The third kappa shape index (κ3) is 3.94. The smallest absolute Gasteiger partial charge is 0.0254 e. The van der Waals surface area contributed by atoms with Gasteiger partial charge in [-0.3, -0.25) is 0 Å². The zero-order chi connectivity index (χ0) is 21.9. The topological polar surface area (TPSA) is 0 Å². The first-order valence-corrected chi connectivity index (χ1v) is 11.0. The molecule has 0 atom stereocenters. The number of fused-ring (bicyclic) bond motifs is 3. The lowest BCUT2D eigenvalue weighted by molar-refractivity contribution is 1.37. The molecule has 0 saturated heterocycles. The molecule has 0 radical (unpaired) electrons. The standard InChI is InChI=1S/C32H24/c1-23-19-24(2)21-25(20-23)11-6-7-14-27-22-32-28(26-12-4-3-5-13-26)17-10-18-31(32)30-16-9-8-15-29(27)30/h3-5,7-10,12-22H,1-2H3/b14-7+. The van der Waals surface area contributed by atoms with Gasteiger partial charge in [-0.05, 0) is 93.6 Å². The van der Waals surface area contributed by atoms with Gasteiger partial charge in [0.15, 0.2) is 0 Å². The zero-order valence-electron chi connectivity index (χ0n) is 18.4. The minimum Gasteiger partial charge on any atom is -0.0696 e. The Morgan fingerprint density at radius 1 is 0.594 bits per heavy atom. The lowest BCUT2D eigenvalue weighted by Gasteiger charge is -2.12. The molecule has 0 N–H and O–H groups in total. The van der Waals surface area contributed by atoms with Gasteiger partial charge in [0.2, 0.25) is 0 Å². The highest BCUT2D eigenvalue weighted by atomic mass is 14.1. The van der Waals surface area contributed by atoms with Gasteiger partial charge in [0.1, 0.15) is 0 Å². The Balaban J connectivity index is 1.64. The number of aryl methyl sites for hydroxylation is 2. The van der Waals surface area contributed by atoms with Crippen LogP contribution in [-0.2, 0) is 0 Å². The number of hydrogen-bond acceptors (Lipinski definition) is 0. The van der Waals surface area contributed by atoms with Gasteiger partial charge in [-0.25, -0.2) is 0 Å². The molecule has 0 unspecified atom stereocenters. The van der Waals surface area contributed by atoms with Crippen LogP contribution < -0.4 is 0 Å². The van der Waals surface area contributed by atoms with Gasteiger partial charge in [-0.2, -0.15) is 0 Å². The van der Waals surface area contributed by atoms with Crippen LogP contribution in [0.25, 0.3) is 38.7 Å². The highest BCUT2D eigenvalue weighted by molar-refractivity contribution is 6.14. The third-order valence-corrected chi connectivity index (χ3v) is 5.80. The fourth-order valence-corrected chi connectivity index (χ4v) is 4.47. The minimum atomic E-state index is 1.06. The lowest BCUT2D eigenvalue weighted by Crippen LogP contribution is -1.86. The van der Waals surface area contributed by atoms with Gasteiger partial charge in [0.25, 0.3) is 0 Å². The summed E-state index contributed by atoms with van der Waals surface area (Å²) >= 11 is 0. The van der Waals surface area contributed by atoms with Crippen molar-refractivity contribution in [2.24, 2.45) is 0 Å². The molecule has 0 heteroatoms. The molecule has 0 aliphatic rings. The van der Waals surface area contributed by atoms with Gasteiger partial charge in [0, 0.05) is 5.56 Å². The molecule has 0 amide bonds. The van der Waals surface area contributed by atoms with Crippen molar-refractivity contribution in [3.8, 4) is 23.0 Å². The molecule has 0 saturated carbocycles. The van der Waals surface area contributed by atoms with E-state index in [0.29, 0.717) is 0 Å². The molecule has 0 spiro atoms. The number of hydrogen-bond donors (Lipinski definition) is 0. The summed E-state index contributed by atoms with van der Waals surface area (Å²) in [5, 5.41) is 5.05. The maximum Gasteiger partial charge on any atom is 0.0254 e. The van der Waals surface area contributed by atoms with Gasteiger partial charge in [0.05, 0.1) is 0 Å². The molecule has 5 aromatic carbocycles. The van der Waals surface area contributed by atoms with Crippen molar-refractivity contribution in [3.05, 3.63) is 125 Å². The highest BCUT2D eigenvalue weighted by Gasteiger charge is 2.09. The van der Waals surface area contributed by atoms with E-state index in [4.69, 9.17) is 0 Å². The fraction of sp³-hybridized carbons (Fsp3) is 0.0625. The van der Waals surface area contributed by atoms with Crippen LogP contribution in [0.4, 0.5) is 0 Å². The SMILES string of the molecule is Cc1cc(C)cc(C#C/C=C/c2cc3c(-c4ccccc4)cccc3c3ccccc23)c1. The van der Waals surface area contributed by atoms with Crippen molar-refractivity contribution < 1.29 is 0 Å². The number of rotatable bonds is 2. The molecule has 0 aliphatic carbocycles. The monoisotopic (exact) mass is 408 g/mol.